The Bertz CT molecular complexity index is 2260. The van der Waals surface area contributed by atoms with Crippen LogP contribution in [0.5, 0.6) is 11.5 Å². The van der Waals surface area contributed by atoms with Gasteiger partial charge in [0.05, 0.1) is 31.9 Å². The van der Waals surface area contributed by atoms with Gasteiger partial charge in [0, 0.05) is 38.6 Å². The molecule has 0 aliphatic rings. The summed E-state index contributed by atoms with van der Waals surface area (Å²) in [4.78, 5) is 59.2. The molecule has 6 aromatic rings. The zero-order chi connectivity index (χ0) is 37.1. The topological polar surface area (TPSA) is 103 Å². The lowest BCUT2D eigenvalue weighted by molar-refractivity contribution is 0.0970. The van der Waals surface area contributed by atoms with E-state index >= 15 is 0 Å². The predicted molar refractivity (Wildman–Crippen MR) is 207 cm³/mol. The van der Waals surface area contributed by atoms with Gasteiger partial charge in [-0.05, 0) is 62.4 Å². The first kappa shape index (κ1) is 36.2. The van der Waals surface area contributed by atoms with Gasteiger partial charge < -0.3 is 28.4 Å². The zero-order valence-electron chi connectivity index (χ0n) is 29.1. The molecule has 0 bridgehead atoms. The van der Waals surface area contributed by atoms with E-state index in [0.29, 0.717) is 33.2 Å². The maximum Gasteiger partial charge on any atom is 0.267 e. The molecule has 2 heterocycles. The number of para-hydroxylation sites is 2. The van der Waals surface area contributed by atoms with E-state index in [9.17, 15) is 19.2 Å². The van der Waals surface area contributed by atoms with Crippen LogP contribution in [0.25, 0.3) is 21.8 Å². The summed E-state index contributed by atoms with van der Waals surface area (Å²) >= 11 is 13.4. The van der Waals surface area contributed by atoms with Crippen LogP contribution in [0.15, 0.2) is 107 Å². The standard InChI is InChI=1S/C40H36Cl2N4O6/c1-5-45(25-15-9-7-10-16-25)39(49)33-35(31-27(41)19-13-21-29(31)43(3)37(33)47)51-23-24-52-36-32-28(42)20-14-22-30(32)44(4)38(48)34(36)40(50)46(6-2)26-17-11-8-12-18-26/h7-22H,5-6,23-24H2,1-4H3. The average molecular weight is 740 g/mol. The van der Waals surface area contributed by atoms with Crippen molar-refractivity contribution in [1.82, 2.24) is 9.13 Å². The van der Waals surface area contributed by atoms with Crippen LogP contribution >= 0.6 is 23.2 Å². The van der Waals surface area contributed by atoms with E-state index in [1.54, 1.807) is 99.0 Å². The van der Waals surface area contributed by atoms with Crippen molar-refractivity contribution in [3.05, 3.63) is 139 Å². The number of benzene rings is 4. The fourth-order valence-electron chi connectivity index (χ4n) is 6.36. The highest BCUT2D eigenvalue weighted by Gasteiger charge is 2.30. The smallest absolute Gasteiger partial charge is 0.267 e. The summed E-state index contributed by atoms with van der Waals surface area (Å²) in [5.41, 5.74) is 0.603. The maximum absolute atomic E-state index is 14.2. The highest BCUT2D eigenvalue weighted by atomic mass is 35.5. The molecule has 2 amide bonds. The summed E-state index contributed by atoms with van der Waals surface area (Å²) in [5, 5.41) is 1.30. The van der Waals surface area contributed by atoms with Gasteiger partial charge in [0.25, 0.3) is 22.9 Å². The first-order valence-corrected chi connectivity index (χ1v) is 17.5. The molecule has 2 aromatic heterocycles. The molecule has 0 aliphatic heterocycles. The first-order valence-electron chi connectivity index (χ1n) is 16.7. The monoisotopic (exact) mass is 738 g/mol. The highest BCUT2D eigenvalue weighted by molar-refractivity contribution is 6.37. The normalized spacial score (nSPS) is 11.1. The van der Waals surface area contributed by atoms with Crippen LogP contribution in [0.1, 0.15) is 34.6 Å². The molecule has 4 aromatic carbocycles. The van der Waals surface area contributed by atoms with Gasteiger partial charge in [0.15, 0.2) is 0 Å². The van der Waals surface area contributed by atoms with E-state index in [-0.39, 0.29) is 59.0 Å². The van der Waals surface area contributed by atoms with Gasteiger partial charge in [-0.3, -0.25) is 19.2 Å². The number of aryl methyl sites for hydroxylation is 2. The minimum Gasteiger partial charge on any atom is -0.488 e. The molecule has 52 heavy (non-hydrogen) atoms. The van der Waals surface area contributed by atoms with Crippen LogP contribution < -0.4 is 30.4 Å². The van der Waals surface area contributed by atoms with E-state index in [4.69, 9.17) is 32.7 Å². The summed E-state index contributed by atoms with van der Waals surface area (Å²) in [7, 11) is 3.14. The van der Waals surface area contributed by atoms with Crippen LogP contribution in [0.4, 0.5) is 11.4 Å². The molecule has 0 radical (unpaired) electrons. The predicted octanol–water partition coefficient (Wildman–Crippen LogP) is 7.49. The molecular formula is C40H36Cl2N4O6. The zero-order valence-corrected chi connectivity index (χ0v) is 30.6. The number of fused-ring (bicyclic) bond motifs is 2. The number of aromatic nitrogens is 2. The molecule has 0 fully saturated rings. The van der Waals surface area contributed by atoms with Crippen molar-refractivity contribution in [2.24, 2.45) is 14.1 Å². The van der Waals surface area contributed by atoms with Gasteiger partial charge in [0.1, 0.15) is 35.8 Å². The molecule has 0 unspecified atom stereocenters. The third kappa shape index (κ3) is 6.51. The summed E-state index contributed by atoms with van der Waals surface area (Å²) < 4.78 is 15.3. The van der Waals surface area contributed by atoms with Crippen molar-refractivity contribution in [2.45, 2.75) is 13.8 Å². The molecule has 0 saturated carbocycles. The van der Waals surface area contributed by atoms with Gasteiger partial charge in [-0.25, -0.2) is 0 Å². The molecule has 266 valence electrons. The third-order valence-corrected chi connectivity index (χ3v) is 9.54. The third-order valence-electron chi connectivity index (χ3n) is 8.91. The summed E-state index contributed by atoms with van der Waals surface area (Å²) in [6.45, 7) is 3.79. The van der Waals surface area contributed by atoms with E-state index in [2.05, 4.69) is 0 Å². The Morgan fingerprint density at radius 2 is 0.942 bits per heavy atom. The second-order valence-electron chi connectivity index (χ2n) is 11.9. The van der Waals surface area contributed by atoms with Crippen molar-refractivity contribution in [3.8, 4) is 11.5 Å². The van der Waals surface area contributed by atoms with Gasteiger partial charge in [-0.1, -0.05) is 71.7 Å². The summed E-state index contributed by atoms with van der Waals surface area (Å²) in [6, 6.07) is 28.2. The minimum absolute atomic E-state index is 0.00363. The maximum atomic E-state index is 14.2. The molecular weight excluding hydrogens is 703 g/mol. The Kier molecular flexibility index (Phi) is 10.7. The quantitative estimate of drug-likeness (QED) is 0.128. The first-order chi connectivity index (χ1) is 25.1. The van der Waals surface area contributed by atoms with E-state index in [1.165, 1.54) is 18.9 Å². The summed E-state index contributed by atoms with van der Waals surface area (Å²) in [5.74, 6) is -1.14. The van der Waals surface area contributed by atoms with Gasteiger partial charge in [-0.15, -0.1) is 0 Å². The Morgan fingerprint density at radius 1 is 0.577 bits per heavy atom. The molecule has 0 atom stereocenters. The minimum atomic E-state index is -0.567. The van der Waals surface area contributed by atoms with Crippen LogP contribution in [-0.4, -0.2) is 47.3 Å². The number of ether oxygens (including phenoxy) is 2. The molecule has 0 spiro atoms. The number of carbonyl (C=O) groups excluding carboxylic acids is 2. The molecule has 0 N–H and O–H groups in total. The fourth-order valence-corrected chi connectivity index (χ4v) is 6.87. The van der Waals surface area contributed by atoms with Gasteiger partial charge >= 0.3 is 0 Å². The number of pyridine rings is 2. The summed E-state index contributed by atoms with van der Waals surface area (Å²) in [6.07, 6.45) is 0. The number of carbonyl (C=O) groups is 2. The SMILES string of the molecule is CCN(C(=O)c1c(OCCOc2c(C(=O)N(CC)c3ccccc3)c(=O)n(C)c3cccc(Cl)c23)c2c(Cl)cccc2n(C)c1=O)c1ccccc1. The van der Waals surface area contributed by atoms with Crippen molar-refractivity contribution in [3.63, 3.8) is 0 Å². The number of hydrogen-bond donors (Lipinski definition) is 0. The Hall–Kier alpha value is -5.58. The van der Waals surface area contributed by atoms with Crippen molar-refractivity contribution in [1.29, 1.82) is 0 Å². The van der Waals surface area contributed by atoms with Gasteiger partial charge in [-0.2, -0.15) is 0 Å². The Balaban J connectivity index is 1.42. The second-order valence-corrected chi connectivity index (χ2v) is 12.7. The molecule has 12 heteroatoms. The van der Waals surface area contributed by atoms with Crippen LogP contribution in [0.3, 0.4) is 0 Å². The molecule has 0 aliphatic carbocycles. The fraction of sp³-hybridized carbons (Fsp3) is 0.200. The van der Waals surface area contributed by atoms with E-state index in [0.717, 1.165) is 0 Å². The lowest BCUT2D eigenvalue weighted by Gasteiger charge is -2.24. The molecule has 6 rings (SSSR count). The number of anilines is 2. The van der Waals surface area contributed by atoms with Gasteiger partial charge in [0.2, 0.25) is 0 Å². The van der Waals surface area contributed by atoms with Crippen molar-refractivity contribution >= 4 is 68.2 Å². The Labute approximate surface area is 309 Å². The van der Waals surface area contributed by atoms with Crippen molar-refractivity contribution < 1.29 is 19.1 Å². The average Bonchev–Trinajstić information content (AvgIpc) is 3.15. The largest absolute Gasteiger partial charge is 0.488 e. The van der Waals surface area contributed by atoms with Crippen molar-refractivity contribution in [2.75, 3.05) is 36.1 Å². The Morgan fingerprint density at radius 3 is 1.29 bits per heavy atom. The second kappa shape index (κ2) is 15.3. The lowest BCUT2D eigenvalue weighted by Crippen LogP contribution is -2.37. The van der Waals surface area contributed by atoms with Crippen LogP contribution in [0.2, 0.25) is 10.0 Å². The molecule has 10 nitrogen and oxygen atoms in total. The highest BCUT2D eigenvalue weighted by Crippen LogP contribution is 2.36. The number of nitrogens with zero attached hydrogens (tertiary/aromatic N) is 4. The van der Waals surface area contributed by atoms with E-state index < -0.39 is 22.9 Å². The van der Waals surface area contributed by atoms with E-state index in [1.807, 2.05) is 26.0 Å². The van der Waals surface area contributed by atoms with Crippen LogP contribution in [-0.2, 0) is 14.1 Å². The number of rotatable bonds is 11. The number of halogens is 2. The number of amides is 2. The lowest BCUT2D eigenvalue weighted by atomic mass is 10.1. The molecule has 0 saturated heterocycles. The number of hydrogen-bond acceptors (Lipinski definition) is 6. The van der Waals surface area contributed by atoms with Crippen LogP contribution in [0, 0.1) is 0 Å².